The summed E-state index contributed by atoms with van der Waals surface area (Å²) in [6.07, 6.45) is 4.10. The molecule has 2 aliphatic heterocycles. The maximum absolute atomic E-state index is 12.8. The van der Waals surface area contributed by atoms with Gasteiger partial charge < -0.3 is 9.80 Å². The molecule has 1 aromatic carbocycles. The van der Waals surface area contributed by atoms with Gasteiger partial charge in [-0.15, -0.1) is 0 Å². The summed E-state index contributed by atoms with van der Waals surface area (Å²) in [5.41, 5.74) is 2.60. The molecule has 0 spiro atoms. The van der Waals surface area contributed by atoms with E-state index in [4.69, 9.17) is 0 Å². The lowest BCUT2D eigenvalue weighted by molar-refractivity contribution is -0.135. The number of piperazine rings is 2. The highest BCUT2D eigenvalue weighted by atomic mass is 16.2. The van der Waals surface area contributed by atoms with Crippen LogP contribution in [-0.4, -0.2) is 85.0 Å². The van der Waals surface area contributed by atoms with E-state index in [1.807, 2.05) is 0 Å². The standard InChI is InChI=1S/C22H34N4O/c1-18-6-8-21(9-7-18)26-15-10-23(16-19(26)2)17-22(27)25-13-11-24(12-14-25)20-4-3-5-20/h6-9,19-20H,3-5,10-17H2,1-2H3. The second-order valence-electron chi connectivity index (χ2n) is 8.61. The summed E-state index contributed by atoms with van der Waals surface area (Å²) >= 11 is 0. The lowest BCUT2D eigenvalue weighted by atomic mass is 9.91. The predicted molar refractivity (Wildman–Crippen MR) is 110 cm³/mol. The first-order chi connectivity index (χ1) is 13.1. The molecule has 5 nitrogen and oxygen atoms in total. The molecule has 1 amide bonds. The number of rotatable bonds is 4. The van der Waals surface area contributed by atoms with E-state index in [2.05, 4.69) is 57.7 Å². The molecule has 0 bridgehead atoms. The molecule has 0 N–H and O–H groups in total. The van der Waals surface area contributed by atoms with E-state index in [0.29, 0.717) is 18.5 Å². The minimum atomic E-state index is 0.319. The minimum absolute atomic E-state index is 0.319. The van der Waals surface area contributed by atoms with Gasteiger partial charge in [-0.25, -0.2) is 0 Å². The van der Waals surface area contributed by atoms with E-state index in [1.54, 1.807) is 0 Å². The molecule has 27 heavy (non-hydrogen) atoms. The number of benzene rings is 1. The van der Waals surface area contributed by atoms with Crippen molar-refractivity contribution in [3.05, 3.63) is 29.8 Å². The fourth-order valence-corrected chi connectivity index (χ4v) is 4.68. The van der Waals surface area contributed by atoms with Crippen molar-refractivity contribution in [3.63, 3.8) is 0 Å². The molecular formula is C22H34N4O. The Hall–Kier alpha value is -1.59. The van der Waals surface area contributed by atoms with Crippen LogP contribution in [0.4, 0.5) is 5.69 Å². The molecule has 5 heteroatoms. The van der Waals surface area contributed by atoms with Crippen molar-refractivity contribution in [2.45, 2.75) is 45.2 Å². The number of aryl methyl sites for hydroxylation is 1. The zero-order valence-electron chi connectivity index (χ0n) is 16.9. The minimum Gasteiger partial charge on any atom is -0.366 e. The second-order valence-corrected chi connectivity index (χ2v) is 8.61. The maximum Gasteiger partial charge on any atom is 0.236 e. The summed E-state index contributed by atoms with van der Waals surface area (Å²) < 4.78 is 0. The third-order valence-electron chi connectivity index (χ3n) is 6.69. The molecule has 2 saturated heterocycles. The summed E-state index contributed by atoms with van der Waals surface area (Å²) in [6.45, 7) is 11.8. The highest BCUT2D eigenvalue weighted by Crippen LogP contribution is 2.25. The van der Waals surface area contributed by atoms with E-state index in [-0.39, 0.29) is 0 Å². The Labute approximate surface area is 163 Å². The average molecular weight is 371 g/mol. The number of hydrogen-bond acceptors (Lipinski definition) is 4. The Kier molecular flexibility index (Phi) is 5.69. The molecule has 3 aliphatic rings. The fourth-order valence-electron chi connectivity index (χ4n) is 4.68. The topological polar surface area (TPSA) is 30.0 Å². The van der Waals surface area contributed by atoms with Crippen LogP contribution in [0.2, 0.25) is 0 Å². The summed E-state index contributed by atoms with van der Waals surface area (Å²) in [6, 6.07) is 10.0. The first-order valence-electron chi connectivity index (χ1n) is 10.7. The molecule has 1 saturated carbocycles. The molecule has 2 heterocycles. The normalized spacial score (nSPS) is 25.5. The Morgan fingerprint density at radius 3 is 2.30 bits per heavy atom. The maximum atomic E-state index is 12.8. The number of carbonyl (C=O) groups excluding carboxylic acids is 1. The van der Waals surface area contributed by atoms with Crippen molar-refractivity contribution in [3.8, 4) is 0 Å². The van der Waals surface area contributed by atoms with Gasteiger partial charge in [0.2, 0.25) is 5.91 Å². The van der Waals surface area contributed by atoms with E-state index >= 15 is 0 Å². The van der Waals surface area contributed by atoms with Crippen molar-refractivity contribution >= 4 is 11.6 Å². The van der Waals surface area contributed by atoms with Crippen molar-refractivity contribution in [1.29, 1.82) is 0 Å². The number of carbonyl (C=O) groups is 1. The van der Waals surface area contributed by atoms with Crippen LogP contribution < -0.4 is 4.90 Å². The first-order valence-corrected chi connectivity index (χ1v) is 10.7. The molecule has 1 aromatic rings. The quantitative estimate of drug-likeness (QED) is 0.813. The fraction of sp³-hybridized carbons (Fsp3) is 0.682. The summed E-state index contributed by atoms with van der Waals surface area (Å²) in [7, 11) is 0. The van der Waals surface area contributed by atoms with E-state index in [9.17, 15) is 4.79 Å². The van der Waals surface area contributed by atoms with Gasteiger partial charge in [0, 0.05) is 63.6 Å². The SMILES string of the molecule is Cc1ccc(N2CCN(CC(=O)N3CCN(C4CCC4)CC3)CC2C)cc1. The van der Waals surface area contributed by atoms with Gasteiger partial charge in [0.1, 0.15) is 0 Å². The van der Waals surface area contributed by atoms with Crippen LogP contribution in [0.25, 0.3) is 0 Å². The molecular weight excluding hydrogens is 336 g/mol. The summed E-state index contributed by atoms with van der Waals surface area (Å²) in [5.74, 6) is 0.319. The van der Waals surface area contributed by atoms with Crippen molar-refractivity contribution < 1.29 is 4.79 Å². The molecule has 148 valence electrons. The zero-order chi connectivity index (χ0) is 18.8. The van der Waals surface area contributed by atoms with Gasteiger partial charge in [-0.3, -0.25) is 14.6 Å². The van der Waals surface area contributed by atoms with Crippen molar-refractivity contribution in [1.82, 2.24) is 14.7 Å². The molecule has 3 fully saturated rings. The molecule has 0 aromatic heterocycles. The number of hydrogen-bond donors (Lipinski definition) is 0. The highest BCUT2D eigenvalue weighted by molar-refractivity contribution is 5.78. The van der Waals surface area contributed by atoms with Gasteiger partial charge in [0.15, 0.2) is 0 Å². The molecule has 1 aliphatic carbocycles. The van der Waals surface area contributed by atoms with Gasteiger partial charge >= 0.3 is 0 Å². The molecule has 1 unspecified atom stereocenters. The van der Waals surface area contributed by atoms with E-state index in [1.165, 1.54) is 30.5 Å². The largest absolute Gasteiger partial charge is 0.366 e. The highest BCUT2D eigenvalue weighted by Gasteiger charge is 2.31. The Bertz CT molecular complexity index is 634. The Morgan fingerprint density at radius 1 is 1.00 bits per heavy atom. The van der Waals surface area contributed by atoms with Crippen LogP contribution in [0.1, 0.15) is 31.7 Å². The zero-order valence-corrected chi connectivity index (χ0v) is 16.9. The van der Waals surface area contributed by atoms with Gasteiger partial charge in [0.25, 0.3) is 0 Å². The van der Waals surface area contributed by atoms with Crippen molar-refractivity contribution in [2.24, 2.45) is 0 Å². The number of anilines is 1. The van der Waals surface area contributed by atoms with E-state index in [0.717, 1.165) is 51.9 Å². The van der Waals surface area contributed by atoms with Gasteiger partial charge in [-0.2, -0.15) is 0 Å². The monoisotopic (exact) mass is 370 g/mol. The molecule has 0 radical (unpaired) electrons. The Morgan fingerprint density at radius 2 is 1.70 bits per heavy atom. The van der Waals surface area contributed by atoms with Gasteiger partial charge in [-0.1, -0.05) is 24.1 Å². The first kappa shape index (κ1) is 18.8. The van der Waals surface area contributed by atoms with Crippen LogP contribution in [0, 0.1) is 6.92 Å². The molecule has 4 rings (SSSR count). The smallest absolute Gasteiger partial charge is 0.236 e. The van der Waals surface area contributed by atoms with Crippen LogP contribution in [-0.2, 0) is 4.79 Å². The lowest BCUT2D eigenvalue weighted by Gasteiger charge is -2.44. The second kappa shape index (κ2) is 8.19. The third kappa shape index (κ3) is 4.30. The predicted octanol–water partition coefficient (Wildman–Crippen LogP) is 2.20. The van der Waals surface area contributed by atoms with Crippen molar-refractivity contribution in [2.75, 3.05) is 57.3 Å². The van der Waals surface area contributed by atoms with Crippen LogP contribution >= 0.6 is 0 Å². The third-order valence-corrected chi connectivity index (χ3v) is 6.69. The van der Waals surface area contributed by atoms with Gasteiger partial charge in [-0.05, 0) is 38.8 Å². The summed E-state index contributed by atoms with van der Waals surface area (Å²) in [5, 5.41) is 0. The summed E-state index contributed by atoms with van der Waals surface area (Å²) in [4.78, 5) is 22.3. The number of nitrogens with zero attached hydrogens (tertiary/aromatic N) is 4. The van der Waals surface area contributed by atoms with Gasteiger partial charge in [0.05, 0.1) is 6.54 Å². The average Bonchev–Trinajstić information content (AvgIpc) is 2.62. The Balaban J connectivity index is 1.24. The molecule has 1 atom stereocenters. The van der Waals surface area contributed by atoms with Crippen LogP contribution in [0.15, 0.2) is 24.3 Å². The van der Waals surface area contributed by atoms with Crippen LogP contribution in [0.5, 0.6) is 0 Å². The lowest BCUT2D eigenvalue weighted by Crippen LogP contribution is -2.57. The van der Waals surface area contributed by atoms with Crippen LogP contribution in [0.3, 0.4) is 0 Å². The number of amides is 1. The van der Waals surface area contributed by atoms with E-state index < -0.39 is 0 Å².